The summed E-state index contributed by atoms with van der Waals surface area (Å²) < 4.78 is 13.6. The first-order chi connectivity index (χ1) is 9.38. The lowest BCUT2D eigenvalue weighted by Crippen LogP contribution is -2.40. The predicted octanol–water partition coefficient (Wildman–Crippen LogP) is 3.77. The van der Waals surface area contributed by atoms with Gasteiger partial charge >= 0.3 is 0 Å². The Hall–Kier alpha value is -1.22. The summed E-state index contributed by atoms with van der Waals surface area (Å²) in [7, 11) is 0. The highest BCUT2D eigenvalue weighted by atomic mass is 19.1. The lowest BCUT2D eigenvalue weighted by atomic mass is 9.75. The molecule has 0 radical (unpaired) electrons. The highest BCUT2D eigenvalue weighted by Gasteiger charge is 2.29. The first-order valence-corrected chi connectivity index (χ1v) is 7.38. The lowest BCUT2D eigenvalue weighted by Gasteiger charge is -2.38. The quantitative estimate of drug-likeness (QED) is 0.784. The zero-order valence-electron chi connectivity index (χ0n) is 12.7. The number of halogens is 1. The van der Waals surface area contributed by atoms with Crippen LogP contribution in [0.15, 0.2) is 24.3 Å². The lowest BCUT2D eigenvalue weighted by molar-refractivity contribution is 0.0818. The number of carbonyl (C=O) groups is 1. The third-order valence-electron chi connectivity index (χ3n) is 4.35. The number of rotatable bonds is 3. The van der Waals surface area contributed by atoms with Gasteiger partial charge in [-0.15, -0.1) is 0 Å². The van der Waals surface area contributed by atoms with Gasteiger partial charge in [-0.2, -0.15) is 0 Å². The fraction of sp³-hybridized carbons (Fsp3) is 0.588. The summed E-state index contributed by atoms with van der Waals surface area (Å²) in [5.74, 6) is 0.182. The van der Waals surface area contributed by atoms with Gasteiger partial charge in [0.15, 0.2) is 5.78 Å². The number of hydrogen-bond acceptors (Lipinski definition) is 2. The van der Waals surface area contributed by atoms with Gasteiger partial charge in [-0.05, 0) is 49.4 Å². The molecule has 0 saturated carbocycles. The standard InChI is InChI=1S/C17H24FNO/c1-17(2,3)13-8-10-19(11-9-13)12-16(20)14-6-4-5-7-15(14)18/h4-7,13H,8-12H2,1-3H3. The summed E-state index contributed by atoms with van der Waals surface area (Å²) >= 11 is 0. The van der Waals surface area contributed by atoms with Crippen LogP contribution >= 0.6 is 0 Å². The number of nitrogens with zero attached hydrogens (tertiary/aromatic N) is 1. The first-order valence-electron chi connectivity index (χ1n) is 7.38. The van der Waals surface area contributed by atoms with Gasteiger partial charge in [0.25, 0.3) is 0 Å². The number of ketones is 1. The molecule has 2 rings (SSSR count). The largest absolute Gasteiger partial charge is 0.296 e. The van der Waals surface area contributed by atoms with Crippen LogP contribution in [0.3, 0.4) is 0 Å². The van der Waals surface area contributed by atoms with Gasteiger partial charge in [0.1, 0.15) is 5.82 Å². The zero-order chi connectivity index (χ0) is 14.8. The minimum Gasteiger partial charge on any atom is -0.296 e. The van der Waals surface area contributed by atoms with Crippen molar-refractivity contribution < 1.29 is 9.18 Å². The highest BCUT2D eigenvalue weighted by Crippen LogP contribution is 2.34. The predicted molar refractivity (Wildman–Crippen MR) is 79.3 cm³/mol. The molecule has 1 aromatic carbocycles. The second kappa shape index (κ2) is 6.04. The molecule has 20 heavy (non-hydrogen) atoms. The summed E-state index contributed by atoms with van der Waals surface area (Å²) in [5.41, 5.74) is 0.548. The van der Waals surface area contributed by atoms with E-state index >= 15 is 0 Å². The Balaban J connectivity index is 1.90. The van der Waals surface area contributed by atoms with Gasteiger partial charge in [0.2, 0.25) is 0 Å². The maximum Gasteiger partial charge on any atom is 0.179 e. The van der Waals surface area contributed by atoms with Crippen LogP contribution in [0.2, 0.25) is 0 Å². The van der Waals surface area contributed by atoms with Crippen LogP contribution in [0.4, 0.5) is 4.39 Å². The third-order valence-corrected chi connectivity index (χ3v) is 4.35. The number of hydrogen-bond donors (Lipinski definition) is 0. The van der Waals surface area contributed by atoms with Gasteiger partial charge in [0.05, 0.1) is 12.1 Å². The smallest absolute Gasteiger partial charge is 0.179 e. The minimum absolute atomic E-state index is 0.114. The Labute approximate surface area is 121 Å². The van der Waals surface area contributed by atoms with Gasteiger partial charge in [0, 0.05) is 0 Å². The van der Waals surface area contributed by atoms with E-state index in [1.165, 1.54) is 6.07 Å². The van der Waals surface area contributed by atoms with Crippen molar-refractivity contribution in [2.75, 3.05) is 19.6 Å². The Morgan fingerprint density at radius 3 is 2.40 bits per heavy atom. The third kappa shape index (κ3) is 3.66. The first kappa shape index (κ1) is 15.2. The number of likely N-dealkylation sites (tertiary alicyclic amines) is 1. The number of piperidine rings is 1. The molecule has 0 bridgehead atoms. The second-order valence-electron chi connectivity index (χ2n) is 6.82. The van der Waals surface area contributed by atoms with Crippen LogP contribution < -0.4 is 0 Å². The van der Waals surface area contributed by atoms with Crippen molar-refractivity contribution in [3.05, 3.63) is 35.6 Å². The van der Waals surface area contributed by atoms with Gasteiger partial charge in [-0.3, -0.25) is 9.69 Å². The molecule has 0 amide bonds. The molecule has 1 fully saturated rings. The molecule has 1 heterocycles. The van der Waals surface area contributed by atoms with Crippen molar-refractivity contribution >= 4 is 5.78 Å². The van der Waals surface area contributed by atoms with Crippen LogP contribution in [0.5, 0.6) is 0 Å². The molecule has 1 aliphatic rings. The van der Waals surface area contributed by atoms with Gasteiger partial charge < -0.3 is 0 Å². The van der Waals surface area contributed by atoms with Crippen molar-refractivity contribution in [1.29, 1.82) is 0 Å². The molecule has 0 unspecified atom stereocenters. The number of carbonyl (C=O) groups excluding carboxylic acids is 1. The molecule has 0 aromatic heterocycles. The molecular formula is C17H24FNO. The molecule has 0 N–H and O–H groups in total. The van der Waals surface area contributed by atoms with E-state index in [-0.39, 0.29) is 11.3 Å². The van der Waals surface area contributed by atoms with Crippen LogP contribution in [-0.2, 0) is 0 Å². The highest BCUT2D eigenvalue weighted by molar-refractivity contribution is 5.97. The van der Waals surface area contributed by atoms with Crippen LogP contribution in [0.1, 0.15) is 44.0 Å². The van der Waals surface area contributed by atoms with Crippen LogP contribution in [0, 0.1) is 17.2 Å². The number of benzene rings is 1. The fourth-order valence-electron chi connectivity index (χ4n) is 2.93. The van der Waals surface area contributed by atoms with Crippen molar-refractivity contribution in [2.24, 2.45) is 11.3 Å². The van der Waals surface area contributed by atoms with Crippen LogP contribution in [0.25, 0.3) is 0 Å². The molecular weight excluding hydrogens is 253 g/mol. The van der Waals surface area contributed by atoms with Crippen molar-refractivity contribution in [1.82, 2.24) is 4.90 Å². The van der Waals surface area contributed by atoms with E-state index in [9.17, 15) is 9.18 Å². The maximum absolute atomic E-state index is 13.6. The summed E-state index contributed by atoms with van der Waals surface area (Å²) in [5, 5.41) is 0. The summed E-state index contributed by atoms with van der Waals surface area (Å²) in [4.78, 5) is 14.3. The minimum atomic E-state index is -0.415. The molecule has 3 heteroatoms. The molecule has 1 aromatic rings. The molecule has 1 saturated heterocycles. The molecule has 0 aliphatic carbocycles. The van der Waals surface area contributed by atoms with E-state index in [4.69, 9.17) is 0 Å². The van der Waals surface area contributed by atoms with Crippen molar-refractivity contribution in [3.8, 4) is 0 Å². The molecule has 110 valence electrons. The molecule has 2 nitrogen and oxygen atoms in total. The van der Waals surface area contributed by atoms with E-state index in [1.807, 2.05) is 0 Å². The monoisotopic (exact) mass is 277 g/mol. The van der Waals surface area contributed by atoms with Gasteiger partial charge in [-0.25, -0.2) is 4.39 Å². The number of Topliss-reactive ketones (excluding diaryl/α,β-unsaturated/α-hetero) is 1. The van der Waals surface area contributed by atoms with E-state index in [0.29, 0.717) is 17.9 Å². The van der Waals surface area contributed by atoms with E-state index < -0.39 is 5.82 Å². The fourth-order valence-corrected chi connectivity index (χ4v) is 2.93. The maximum atomic E-state index is 13.6. The van der Waals surface area contributed by atoms with Gasteiger partial charge in [-0.1, -0.05) is 32.9 Å². The Bertz CT molecular complexity index is 470. The molecule has 0 spiro atoms. The summed E-state index contributed by atoms with van der Waals surface area (Å²) in [6.45, 7) is 9.02. The van der Waals surface area contributed by atoms with E-state index in [0.717, 1.165) is 25.9 Å². The molecule has 0 atom stereocenters. The summed E-state index contributed by atoms with van der Waals surface area (Å²) in [6.07, 6.45) is 2.24. The zero-order valence-corrected chi connectivity index (χ0v) is 12.7. The van der Waals surface area contributed by atoms with Crippen molar-refractivity contribution in [2.45, 2.75) is 33.6 Å². The Morgan fingerprint density at radius 1 is 1.25 bits per heavy atom. The second-order valence-corrected chi connectivity index (χ2v) is 6.82. The molecule has 1 aliphatic heterocycles. The average Bonchev–Trinajstić information content (AvgIpc) is 2.38. The van der Waals surface area contributed by atoms with Crippen molar-refractivity contribution in [3.63, 3.8) is 0 Å². The van der Waals surface area contributed by atoms with Crippen LogP contribution in [-0.4, -0.2) is 30.3 Å². The van der Waals surface area contributed by atoms with E-state index in [2.05, 4.69) is 25.7 Å². The van der Waals surface area contributed by atoms with E-state index in [1.54, 1.807) is 18.2 Å². The SMILES string of the molecule is CC(C)(C)C1CCN(CC(=O)c2ccccc2F)CC1. The average molecular weight is 277 g/mol. The Kier molecular flexibility index (Phi) is 4.59. The topological polar surface area (TPSA) is 20.3 Å². The Morgan fingerprint density at radius 2 is 1.85 bits per heavy atom. The normalized spacial score (nSPS) is 18.2. The summed E-state index contributed by atoms with van der Waals surface area (Å²) in [6, 6.07) is 6.24.